The fourth-order valence-corrected chi connectivity index (χ4v) is 2.19. The first-order valence-electron chi connectivity index (χ1n) is 6.32. The molecule has 1 unspecified atom stereocenters. The Kier molecular flexibility index (Phi) is 5.07. The van der Waals surface area contributed by atoms with Crippen LogP contribution in [0.2, 0.25) is 0 Å². The van der Waals surface area contributed by atoms with Crippen LogP contribution in [0.5, 0.6) is 0 Å². The summed E-state index contributed by atoms with van der Waals surface area (Å²) in [6.07, 6.45) is 6.59. The van der Waals surface area contributed by atoms with E-state index in [1.165, 1.54) is 32.1 Å². The molecule has 0 N–H and O–H groups in total. The Morgan fingerprint density at radius 1 is 1.13 bits per heavy atom. The fraction of sp³-hybridized carbons (Fsp3) is 1.00. The Labute approximate surface area is 94.3 Å². The molecule has 90 valence electrons. The first kappa shape index (κ1) is 13.0. The predicted octanol–water partition coefficient (Wildman–Crippen LogP) is 3.74. The molecule has 15 heavy (non-hydrogen) atoms. The molecule has 1 rings (SSSR count). The average molecular weight is 214 g/mol. The molecule has 1 aliphatic rings. The van der Waals surface area contributed by atoms with Gasteiger partial charge < -0.3 is 9.47 Å². The van der Waals surface area contributed by atoms with Gasteiger partial charge in [-0.1, -0.05) is 19.3 Å². The second-order valence-corrected chi connectivity index (χ2v) is 5.45. The van der Waals surface area contributed by atoms with Gasteiger partial charge in [0, 0.05) is 12.5 Å². The minimum absolute atomic E-state index is 0.00954. The molecule has 0 aliphatic heterocycles. The molecule has 0 spiro atoms. The summed E-state index contributed by atoms with van der Waals surface area (Å²) in [5.74, 6) is 0.609. The molecule has 2 heteroatoms. The lowest BCUT2D eigenvalue weighted by Crippen LogP contribution is -2.36. The van der Waals surface area contributed by atoms with E-state index in [0.29, 0.717) is 5.92 Å². The predicted molar refractivity (Wildman–Crippen MR) is 62.8 cm³/mol. The van der Waals surface area contributed by atoms with Gasteiger partial charge in [-0.25, -0.2) is 0 Å². The molecule has 0 amide bonds. The average Bonchev–Trinajstić information content (AvgIpc) is 2.17. The monoisotopic (exact) mass is 214 g/mol. The molecule has 0 aromatic heterocycles. The molecule has 0 aromatic rings. The summed E-state index contributed by atoms with van der Waals surface area (Å²) >= 11 is 0. The van der Waals surface area contributed by atoms with E-state index in [0.717, 1.165) is 6.61 Å². The molecule has 0 radical (unpaired) electrons. The van der Waals surface area contributed by atoms with Crippen LogP contribution >= 0.6 is 0 Å². The smallest absolute Gasteiger partial charge is 0.161 e. The minimum Gasteiger partial charge on any atom is -0.353 e. The molecule has 1 fully saturated rings. The number of hydrogen-bond acceptors (Lipinski definition) is 2. The van der Waals surface area contributed by atoms with Crippen LogP contribution in [0.4, 0.5) is 0 Å². The van der Waals surface area contributed by atoms with Crippen LogP contribution in [0.3, 0.4) is 0 Å². The summed E-state index contributed by atoms with van der Waals surface area (Å²) in [5, 5.41) is 0. The molecular formula is C13H26O2. The van der Waals surface area contributed by atoms with E-state index in [4.69, 9.17) is 9.47 Å². The van der Waals surface area contributed by atoms with E-state index in [2.05, 4.69) is 20.8 Å². The maximum atomic E-state index is 6.00. The third-order valence-electron chi connectivity index (χ3n) is 2.84. The summed E-state index contributed by atoms with van der Waals surface area (Å²) < 4.78 is 11.7. The van der Waals surface area contributed by atoms with E-state index in [-0.39, 0.29) is 11.9 Å². The van der Waals surface area contributed by atoms with E-state index < -0.39 is 0 Å². The first-order valence-corrected chi connectivity index (χ1v) is 6.32. The molecule has 1 saturated carbocycles. The van der Waals surface area contributed by atoms with Gasteiger partial charge in [0.2, 0.25) is 0 Å². The van der Waals surface area contributed by atoms with Crippen molar-refractivity contribution in [3.05, 3.63) is 0 Å². The Bertz CT molecular complexity index is 166. The standard InChI is InChI=1S/C13H26O2/c1-5-14-12(15-13(2,3)4)11-9-7-6-8-10-11/h11-12H,5-10H2,1-4H3. The zero-order valence-electron chi connectivity index (χ0n) is 10.7. The van der Waals surface area contributed by atoms with Gasteiger partial charge in [0.15, 0.2) is 6.29 Å². The highest BCUT2D eigenvalue weighted by atomic mass is 16.7. The lowest BCUT2D eigenvalue weighted by molar-refractivity contribution is -0.221. The van der Waals surface area contributed by atoms with Crippen LogP contribution in [0, 0.1) is 5.92 Å². The van der Waals surface area contributed by atoms with Crippen molar-refractivity contribution in [1.82, 2.24) is 0 Å². The summed E-state index contributed by atoms with van der Waals surface area (Å²) in [7, 11) is 0. The maximum absolute atomic E-state index is 6.00. The highest BCUT2D eigenvalue weighted by Crippen LogP contribution is 2.30. The van der Waals surface area contributed by atoms with Crippen LogP contribution in [0.15, 0.2) is 0 Å². The number of ether oxygens (including phenoxy) is 2. The summed E-state index contributed by atoms with van der Waals surface area (Å²) in [4.78, 5) is 0. The Morgan fingerprint density at radius 3 is 2.20 bits per heavy atom. The lowest BCUT2D eigenvalue weighted by Gasteiger charge is -2.34. The number of rotatable bonds is 4. The van der Waals surface area contributed by atoms with Crippen LogP contribution in [0.25, 0.3) is 0 Å². The van der Waals surface area contributed by atoms with Crippen molar-refractivity contribution in [3.63, 3.8) is 0 Å². The molecule has 1 aliphatic carbocycles. The van der Waals surface area contributed by atoms with E-state index >= 15 is 0 Å². The zero-order valence-corrected chi connectivity index (χ0v) is 10.7. The van der Waals surface area contributed by atoms with Crippen molar-refractivity contribution < 1.29 is 9.47 Å². The van der Waals surface area contributed by atoms with Gasteiger partial charge in [0.05, 0.1) is 5.60 Å². The SMILES string of the molecule is CCOC(OC(C)(C)C)C1CCCCC1. The molecule has 1 atom stereocenters. The largest absolute Gasteiger partial charge is 0.353 e. The van der Waals surface area contributed by atoms with Crippen molar-refractivity contribution >= 4 is 0 Å². The Hall–Kier alpha value is -0.0800. The van der Waals surface area contributed by atoms with Gasteiger partial charge in [-0.3, -0.25) is 0 Å². The highest BCUT2D eigenvalue weighted by Gasteiger charge is 2.28. The van der Waals surface area contributed by atoms with Gasteiger partial charge in [0.25, 0.3) is 0 Å². The second kappa shape index (κ2) is 5.86. The minimum atomic E-state index is -0.0999. The molecule has 0 heterocycles. The number of hydrogen-bond donors (Lipinski definition) is 0. The van der Waals surface area contributed by atoms with E-state index in [1.807, 2.05) is 6.92 Å². The summed E-state index contributed by atoms with van der Waals surface area (Å²) in [5.41, 5.74) is -0.0999. The second-order valence-electron chi connectivity index (χ2n) is 5.45. The van der Waals surface area contributed by atoms with Crippen molar-refractivity contribution in [3.8, 4) is 0 Å². The molecule has 2 nitrogen and oxygen atoms in total. The Balaban J connectivity index is 2.47. The first-order chi connectivity index (χ1) is 7.03. The molecule has 0 bridgehead atoms. The van der Waals surface area contributed by atoms with Gasteiger partial charge in [0.1, 0.15) is 0 Å². The zero-order chi connectivity index (χ0) is 11.3. The molecule has 0 saturated heterocycles. The normalized spacial score (nSPS) is 21.6. The summed E-state index contributed by atoms with van der Waals surface area (Å²) in [6, 6.07) is 0. The van der Waals surface area contributed by atoms with E-state index in [9.17, 15) is 0 Å². The summed E-state index contributed by atoms with van der Waals surface area (Å²) in [6.45, 7) is 9.09. The van der Waals surface area contributed by atoms with Crippen molar-refractivity contribution in [1.29, 1.82) is 0 Å². The van der Waals surface area contributed by atoms with Crippen LogP contribution in [0.1, 0.15) is 59.8 Å². The maximum Gasteiger partial charge on any atom is 0.161 e. The molecule has 0 aromatic carbocycles. The highest BCUT2D eigenvalue weighted by molar-refractivity contribution is 4.72. The molecular weight excluding hydrogens is 188 g/mol. The fourth-order valence-electron chi connectivity index (χ4n) is 2.19. The van der Waals surface area contributed by atoms with Gasteiger partial charge in [-0.15, -0.1) is 0 Å². The van der Waals surface area contributed by atoms with Crippen LogP contribution in [-0.2, 0) is 9.47 Å². The lowest BCUT2D eigenvalue weighted by atomic mass is 9.88. The van der Waals surface area contributed by atoms with Crippen molar-refractivity contribution in [2.24, 2.45) is 5.92 Å². The van der Waals surface area contributed by atoms with Gasteiger partial charge >= 0.3 is 0 Å². The van der Waals surface area contributed by atoms with Gasteiger partial charge in [-0.2, -0.15) is 0 Å². The van der Waals surface area contributed by atoms with Crippen molar-refractivity contribution in [2.75, 3.05) is 6.61 Å². The van der Waals surface area contributed by atoms with Gasteiger partial charge in [-0.05, 0) is 40.5 Å². The third-order valence-corrected chi connectivity index (χ3v) is 2.84. The van der Waals surface area contributed by atoms with E-state index in [1.54, 1.807) is 0 Å². The third kappa shape index (κ3) is 4.98. The van der Waals surface area contributed by atoms with Crippen LogP contribution < -0.4 is 0 Å². The van der Waals surface area contributed by atoms with Crippen LogP contribution in [-0.4, -0.2) is 18.5 Å². The topological polar surface area (TPSA) is 18.5 Å². The quantitative estimate of drug-likeness (QED) is 0.664. The Morgan fingerprint density at radius 2 is 1.73 bits per heavy atom. The van der Waals surface area contributed by atoms with Crippen molar-refractivity contribution in [2.45, 2.75) is 71.7 Å².